The van der Waals surface area contributed by atoms with Gasteiger partial charge in [0, 0.05) is 12.6 Å². The number of nitrogens with one attached hydrogen (secondary N) is 1. The van der Waals surface area contributed by atoms with Crippen LogP contribution < -0.4 is 4.72 Å². The van der Waals surface area contributed by atoms with E-state index in [4.69, 9.17) is 0 Å². The van der Waals surface area contributed by atoms with E-state index in [-0.39, 0.29) is 11.8 Å². The fourth-order valence-electron chi connectivity index (χ4n) is 3.57. The predicted octanol–water partition coefficient (Wildman–Crippen LogP) is 4.01. The highest BCUT2D eigenvalue weighted by Crippen LogP contribution is 2.26. The van der Waals surface area contributed by atoms with Gasteiger partial charge in [-0.25, -0.2) is 13.1 Å². The van der Waals surface area contributed by atoms with Gasteiger partial charge < -0.3 is 0 Å². The van der Waals surface area contributed by atoms with E-state index in [0.717, 1.165) is 29.8 Å². The first-order valence-electron chi connectivity index (χ1n) is 9.24. The molecule has 1 atom stereocenters. The third-order valence-corrected chi connectivity index (χ3v) is 7.11. The van der Waals surface area contributed by atoms with Gasteiger partial charge in [0.05, 0.1) is 5.75 Å². The Kier molecular flexibility index (Phi) is 6.51. The first-order valence-corrected chi connectivity index (χ1v) is 11.8. The van der Waals surface area contributed by atoms with Gasteiger partial charge in [-0.2, -0.15) is 11.3 Å². The standard InChI is InChI=1S/C20H28N2O2S2/c1-16-6-7-17(2)19(12-16)15-26(23,24)21-13-20(18-8-11-25-14-18)22-9-4-3-5-10-22/h6-8,11-12,14,20-21H,3-5,9-10,13,15H2,1-2H3. The van der Waals surface area contributed by atoms with Crippen LogP contribution in [0.4, 0.5) is 0 Å². The van der Waals surface area contributed by atoms with E-state index >= 15 is 0 Å². The summed E-state index contributed by atoms with van der Waals surface area (Å²) < 4.78 is 28.3. The fourth-order valence-corrected chi connectivity index (χ4v) is 5.51. The number of hydrogen-bond donors (Lipinski definition) is 1. The summed E-state index contributed by atoms with van der Waals surface area (Å²) in [6.07, 6.45) is 3.65. The second kappa shape index (κ2) is 8.65. The van der Waals surface area contributed by atoms with Crippen molar-refractivity contribution in [2.24, 2.45) is 0 Å². The molecule has 6 heteroatoms. The lowest BCUT2D eigenvalue weighted by Crippen LogP contribution is -2.40. The lowest BCUT2D eigenvalue weighted by atomic mass is 10.0. The Balaban J connectivity index is 1.70. The van der Waals surface area contributed by atoms with E-state index in [9.17, 15) is 8.42 Å². The summed E-state index contributed by atoms with van der Waals surface area (Å²) >= 11 is 1.67. The molecular weight excluding hydrogens is 364 g/mol. The van der Waals surface area contributed by atoms with Gasteiger partial charge in [-0.15, -0.1) is 0 Å². The minimum absolute atomic E-state index is 0.0386. The molecule has 1 aromatic carbocycles. The lowest BCUT2D eigenvalue weighted by Gasteiger charge is -2.34. The largest absolute Gasteiger partial charge is 0.295 e. The lowest BCUT2D eigenvalue weighted by molar-refractivity contribution is 0.165. The zero-order chi connectivity index (χ0) is 18.6. The monoisotopic (exact) mass is 392 g/mol. The van der Waals surface area contributed by atoms with Crippen molar-refractivity contribution in [3.8, 4) is 0 Å². The molecule has 1 saturated heterocycles. The molecule has 1 fully saturated rings. The molecule has 4 nitrogen and oxygen atoms in total. The summed E-state index contributed by atoms with van der Waals surface area (Å²) in [4.78, 5) is 2.42. The van der Waals surface area contributed by atoms with Crippen LogP contribution >= 0.6 is 11.3 Å². The topological polar surface area (TPSA) is 49.4 Å². The molecule has 0 aliphatic carbocycles. The van der Waals surface area contributed by atoms with Gasteiger partial charge >= 0.3 is 0 Å². The summed E-state index contributed by atoms with van der Waals surface area (Å²) in [5.41, 5.74) is 4.20. The van der Waals surface area contributed by atoms with Gasteiger partial charge in [0.15, 0.2) is 0 Å². The summed E-state index contributed by atoms with van der Waals surface area (Å²) in [7, 11) is -3.37. The average molecular weight is 393 g/mol. The Hall–Kier alpha value is -1.21. The van der Waals surface area contributed by atoms with Crippen molar-refractivity contribution < 1.29 is 8.42 Å². The van der Waals surface area contributed by atoms with Crippen LogP contribution in [-0.2, 0) is 15.8 Å². The van der Waals surface area contributed by atoms with Crippen molar-refractivity contribution in [3.05, 3.63) is 57.3 Å². The molecule has 0 spiro atoms. The number of benzene rings is 1. The van der Waals surface area contributed by atoms with Crippen LogP contribution in [0.5, 0.6) is 0 Å². The van der Waals surface area contributed by atoms with E-state index in [1.807, 2.05) is 32.0 Å². The Labute approximate surface area is 161 Å². The SMILES string of the molecule is Cc1ccc(C)c(CS(=O)(=O)NCC(c2ccsc2)N2CCCCC2)c1. The molecule has 0 radical (unpaired) electrons. The first-order chi connectivity index (χ1) is 12.4. The maximum absolute atomic E-state index is 12.7. The minimum Gasteiger partial charge on any atom is -0.295 e. The first kappa shape index (κ1) is 19.5. The highest BCUT2D eigenvalue weighted by molar-refractivity contribution is 7.88. The molecule has 26 heavy (non-hydrogen) atoms. The number of nitrogens with zero attached hydrogens (tertiary/aromatic N) is 1. The zero-order valence-corrected chi connectivity index (χ0v) is 17.2. The van der Waals surface area contributed by atoms with Crippen molar-refractivity contribution in [2.75, 3.05) is 19.6 Å². The van der Waals surface area contributed by atoms with E-state index in [1.54, 1.807) is 11.3 Å². The van der Waals surface area contributed by atoms with Gasteiger partial charge in [-0.1, -0.05) is 30.2 Å². The molecular formula is C20H28N2O2S2. The summed E-state index contributed by atoms with van der Waals surface area (Å²) in [5.74, 6) is 0.0386. The number of thiophene rings is 1. The van der Waals surface area contributed by atoms with Crippen LogP contribution in [0.3, 0.4) is 0 Å². The Morgan fingerprint density at radius 1 is 1.15 bits per heavy atom. The molecule has 142 valence electrons. The minimum atomic E-state index is -3.37. The van der Waals surface area contributed by atoms with Crippen LogP contribution in [-0.4, -0.2) is 33.0 Å². The van der Waals surface area contributed by atoms with E-state index in [1.165, 1.54) is 24.8 Å². The molecule has 0 amide bonds. The number of hydrogen-bond acceptors (Lipinski definition) is 4. The summed E-state index contributed by atoms with van der Waals surface area (Å²) in [6.45, 7) is 6.47. The van der Waals surface area contributed by atoms with Gasteiger partial charge in [-0.05, 0) is 73.3 Å². The third-order valence-electron chi connectivity index (χ3n) is 5.11. The molecule has 3 rings (SSSR count). The number of sulfonamides is 1. The Bertz CT molecular complexity index is 810. The van der Waals surface area contributed by atoms with Gasteiger partial charge in [0.25, 0.3) is 0 Å². The summed E-state index contributed by atoms with van der Waals surface area (Å²) in [5, 5.41) is 4.20. The molecule has 1 unspecified atom stereocenters. The molecule has 1 aromatic heterocycles. The zero-order valence-electron chi connectivity index (χ0n) is 15.6. The molecule has 1 aliphatic heterocycles. The molecule has 1 aliphatic rings. The van der Waals surface area contributed by atoms with Crippen LogP contribution in [0, 0.1) is 13.8 Å². The fraction of sp³-hybridized carbons (Fsp3) is 0.500. The molecule has 2 aromatic rings. The van der Waals surface area contributed by atoms with Crippen LogP contribution in [0.1, 0.15) is 47.6 Å². The predicted molar refractivity (Wildman–Crippen MR) is 109 cm³/mol. The van der Waals surface area contributed by atoms with Crippen molar-refractivity contribution in [3.63, 3.8) is 0 Å². The molecule has 0 saturated carbocycles. The third kappa shape index (κ3) is 5.16. The van der Waals surface area contributed by atoms with E-state index in [0.29, 0.717) is 6.54 Å². The smallest absolute Gasteiger partial charge is 0.215 e. The number of piperidine rings is 1. The maximum Gasteiger partial charge on any atom is 0.215 e. The average Bonchev–Trinajstić information content (AvgIpc) is 3.13. The van der Waals surface area contributed by atoms with Crippen LogP contribution in [0.15, 0.2) is 35.0 Å². The number of aryl methyl sites for hydroxylation is 2. The van der Waals surface area contributed by atoms with Gasteiger partial charge in [0.1, 0.15) is 0 Å². The molecule has 1 N–H and O–H groups in total. The Morgan fingerprint density at radius 3 is 2.62 bits per heavy atom. The summed E-state index contributed by atoms with van der Waals surface area (Å²) in [6, 6.07) is 8.21. The van der Waals surface area contributed by atoms with E-state index in [2.05, 4.69) is 26.4 Å². The number of likely N-dealkylation sites (tertiary alicyclic amines) is 1. The molecule has 0 bridgehead atoms. The normalized spacial score (nSPS) is 17.3. The van der Waals surface area contributed by atoms with Crippen LogP contribution in [0.25, 0.3) is 0 Å². The van der Waals surface area contributed by atoms with Crippen molar-refractivity contribution in [1.82, 2.24) is 9.62 Å². The maximum atomic E-state index is 12.7. The highest BCUT2D eigenvalue weighted by atomic mass is 32.2. The van der Waals surface area contributed by atoms with Crippen molar-refractivity contribution in [2.45, 2.75) is 44.9 Å². The van der Waals surface area contributed by atoms with Gasteiger partial charge in [0.2, 0.25) is 10.0 Å². The molecule has 2 heterocycles. The second-order valence-corrected chi connectivity index (χ2v) is 9.79. The Morgan fingerprint density at radius 2 is 1.92 bits per heavy atom. The van der Waals surface area contributed by atoms with Gasteiger partial charge in [-0.3, -0.25) is 4.90 Å². The second-order valence-electron chi connectivity index (χ2n) is 7.21. The van der Waals surface area contributed by atoms with Crippen molar-refractivity contribution in [1.29, 1.82) is 0 Å². The highest BCUT2D eigenvalue weighted by Gasteiger charge is 2.24. The van der Waals surface area contributed by atoms with E-state index < -0.39 is 10.0 Å². The number of rotatable bonds is 7. The van der Waals surface area contributed by atoms with Crippen molar-refractivity contribution >= 4 is 21.4 Å². The quantitative estimate of drug-likeness (QED) is 0.774. The van der Waals surface area contributed by atoms with Crippen LogP contribution in [0.2, 0.25) is 0 Å².